The van der Waals surface area contributed by atoms with E-state index >= 15 is 0 Å². The van der Waals surface area contributed by atoms with Crippen molar-refractivity contribution in [3.8, 4) is 0 Å². The Hall–Kier alpha value is -1.60. The predicted octanol–water partition coefficient (Wildman–Crippen LogP) is -0.0930. The minimum Gasteiger partial charge on any atom is -0.399 e. The summed E-state index contributed by atoms with van der Waals surface area (Å²) < 4.78 is 23.4. The fraction of sp³-hybridized carbons (Fsp3) is 0.222. The molecular weight excluding hydrogens is 228 g/mol. The van der Waals surface area contributed by atoms with E-state index in [1.165, 1.54) is 0 Å². The van der Waals surface area contributed by atoms with Crippen LogP contribution < -0.4 is 10.9 Å². The molecule has 0 unspecified atom stereocenters. The van der Waals surface area contributed by atoms with E-state index in [1.807, 2.05) is 0 Å². The van der Waals surface area contributed by atoms with Gasteiger partial charge in [-0.25, -0.2) is 18.5 Å². The molecule has 2 aromatic rings. The van der Waals surface area contributed by atoms with Crippen LogP contribution in [0.5, 0.6) is 0 Å². The predicted molar refractivity (Wildman–Crippen MR) is 62.1 cm³/mol. The standard InChI is InChI=1S/C9H12N4O2S/c10-7-1-2-9-8(5-7)12-6-13(9)3-4-16(11,14)15/h1-2,5-6H,3-4,10H2,(H2,11,14,15). The molecule has 2 rings (SSSR count). The summed E-state index contributed by atoms with van der Waals surface area (Å²) in [5.41, 5.74) is 7.83. The van der Waals surface area contributed by atoms with Crippen molar-refractivity contribution in [3.05, 3.63) is 24.5 Å². The highest BCUT2D eigenvalue weighted by molar-refractivity contribution is 7.89. The highest BCUT2D eigenvalue weighted by atomic mass is 32.2. The molecule has 0 aliphatic carbocycles. The molecule has 0 saturated carbocycles. The monoisotopic (exact) mass is 240 g/mol. The number of benzene rings is 1. The Labute approximate surface area is 92.9 Å². The summed E-state index contributed by atoms with van der Waals surface area (Å²) in [7, 11) is -3.45. The number of hydrogen-bond acceptors (Lipinski definition) is 4. The summed E-state index contributed by atoms with van der Waals surface area (Å²) in [6.07, 6.45) is 1.58. The summed E-state index contributed by atoms with van der Waals surface area (Å²) in [5.74, 6) is -0.108. The summed E-state index contributed by atoms with van der Waals surface area (Å²) in [6.45, 7) is 0.291. The van der Waals surface area contributed by atoms with E-state index in [4.69, 9.17) is 10.9 Å². The second-order valence-electron chi connectivity index (χ2n) is 3.55. The normalized spacial score (nSPS) is 12.1. The van der Waals surface area contributed by atoms with Crippen LogP contribution in [0, 0.1) is 0 Å². The number of nitrogens with two attached hydrogens (primary N) is 2. The number of hydrogen-bond donors (Lipinski definition) is 2. The van der Waals surface area contributed by atoms with Crippen LogP contribution in [-0.2, 0) is 16.6 Å². The molecule has 16 heavy (non-hydrogen) atoms. The fourth-order valence-corrected chi connectivity index (χ4v) is 1.94. The summed E-state index contributed by atoms with van der Waals surface area (Å²) in [5, 5.41) is 4.94. The third-order valence-electron chi connectivity index (χ3n) is 2.26. The molecule has 0 radical (unpaired) electrons. The lowest BCUT2D eigenvalue weighted by atomic mass is 10.3. The molecule has 6 nitrogen and oxygen atoms in total. The molecule has 0 amide bonds. The Morgan fingerprint density at radius 3 is 2.81 bits per heavy atom. The van der Waals surface area contributed by atoms with Crippen LogP contribution in [0.4, 0.5) is 5.69 Å². The number of sulfonamides is 1. The van der Waals surface area contributed by atoms with Gasteiger partial charge in [-0.15, -0.1) is 0 Å². The van der Waals surface area contributed by atoms with Gasteiger partial charge in [0.1, 0.15) is 0 Å². The van der Waals surface area contributed by atoms with Crippen LogP contribution >= 0.6 is 0 Å². The first-order valence-electron chi connectivity index (χ1n) is 4.66. The first-order chi connectivity index (χ1) is 7.46. The molecule has 0 bridgehead atoms. The van der Waals surface area contributed by atoms with E-state index in [2.05, 4.69) is 4.98 Å². The van der Waals surface area contributed by atoms with Crippen molar-refractivity contribution in [2.75, 3.05) is 11.5 Å². The van der Waals surface area contributed by atoms with Crippen LogP contribution in [0.1, 0.15) is 0 Å². The first kappa shape index (κ1) is 10.9. The number of primary sulfonamides is 1. The number of fused-ring (bicyclic) bond motifs is 1. The van der Waals surface area contributed by atoms with Gasteiger partial charge in [0, 0.05) is 12.2 Å². The minimum atomic E-state index is -3.45. The quantitative estimate of drug-likeness (QED) is 0.731. The van der Waals surface area contributed by atoms with Crippen LogP contribution in [0.3, 0.4) is 0 Å². The topological polar surface area (TPSA) is 104 Å². The molecule has 86 valence electrons. The lowest BCUT2D eigenvalue weighted by molar-refractivity contribution is 0.591. The van der Waals surface area contributed by atoms with Gasteiger partial charge in [0.15, 0.2) is 0 Å². The fourth-order valence-electron chi connectivity index (χ4n) is 1.48. The van der Waals surface area contributed by atoms with Gasteiger partial charge in [0.05, 0.1) is 23.1 Å². The smallest absolute Gasteiger partial charge is 0.210 e. The summed E-state index contributed by atoms with van der Waals surface area (Å²) in [6, 6.07) is 5.29. The third kappa shape index (κ3) is 2.31. The number of anilines is 1. The lowest BCUT2D eigenvalue weighted by Crippen LogP contribution is -2.20. The van der Waals surface area contributed by atoms with Gasteiger partial charge in [0.25, 0.3) is 0 Å². The average Bonchev–Trinajstić information content (AvgIpc) is 2.56. The Morgan fingerprint density at radius 2 is 2.12 bits per heavy atom. The molecule has 1 heterocycles. The van der Waals surface area contributed by atoms with Gasteiger partial charge < -0.3 is 10.3 Å². The van der Waals surface area contributed by atoms with Crippen LogP contribution in [-0.4, -0.2) is 23.7 Å². The molecule has 4 N–H and O–H groups in total. The van der Waals surface area contributed by atoms with E-state index < -0.39 is 10.0 Å². The molecular formula is C9H12N4O2S. The Balaban J connectivity index is 2.32. The van der Waals surface area contributed by atoms with Crippen molar-refractivity contribution in [2.24, 2.45) is 5.14 Å². The number of nitrogens with zero attached hydrogens (tertiary/aromatic N) is 2. The van der Waals surface area contributed by atoms with Crippen molar-refractivity contribution in [1.82, 2.24) is 9.55 Å². The van der Waals surface area contributed by atoms with Crippen molar-refractivity contribution in [2.45, 2.75) is 6.54 Å². The van der Waals surface area contributed by atoms with E-state index in [0.717, 1.165) is 11.0 Å². The van der Waals surface area contributed by atoms with Crippen molar-refractivity contribution in [1.29, 1.82) is 0 Å². The molecule has 0 spiro atoms. The lowest BCUT2D eigenvalue weighted by Gasteiger charge is -2.02. The van der Waals surface area contributed by atoms with Gasteiger partial charge in [-0.3, -0.25) is 0 Å². The van der Waals surface area contributed by atoms with Gasteiger partial charge in [-0.2, -0.15) is 0 Å². The van der Waals surface area contributed by atoms with Crippen molar-refractivity contribution < 1.29 is 8.42 Å². The molecule has 0 atom stereocenters. The molecule has 0 aliphatic rings. The highest BCUT2D eigenvalue weighted by Crippen LogP contribution is 2.15. The van der Waals surface area contributed by atoms with Gasteiger partial charge in [0.2, 0.25) is 10.0 Å². The Bertz CT molecular complexity index is 617. The van der Waals surface area contributed by atoms with Crippen LogP contribution in [0.15, 0.2) is 24.5 Å². The number of rotatable bonds is 3. The van der Waals surface area contributed by atoms with E-state index in [1.54, 1.807) is 29.1 Å². The van der Waals surface area contributed by atoms with Crippen LogP contribution in [0.2, 0.25) is 0 Å². The second-order valence-corrected chi connectivity index (χ2v) is 5.29. The van der Waals surface area contributed by atoms with Crippen molar-refractivity contribution in [3.63, 3.8) is 0 Å². The maximum atomic E-state index is 10.8. The third-order valence-corrected chi connectivity index (χ3v) is 3.01. The van der Waals surface area contributed by atoms with Gasteiger partial charge in [-0.05, 0) is 18.2 Å². The zero-order valence-electron chi connectivity index (χ0n) is 8.50. The molecule has 1 aromatic heterocycles. The number of nitrogen functional groups attached to an aromatic ring is 1. The van der Waals surface area contributed by atoms with Gasteiger partial charge >= 0.3 is 0 Å². The zero-order valence-corrected chi connectivity index (χ0v) is 9.31. The molecule has 1 aromatic carbocycles. The largest absolute Gasteiger partial charge is 0.399 e. The number of imidazole rings is 1. The Kier molecular flexibility index (Phi) is 2.56. The number of aromatic nitrogens is 2. The number of aryl methyl sites for hydroxylation is 1. The van der Waals surface area contributed by atoms with E-state index in [0.29, 0.717) is 12.2 Å². The first-order valence-corrected chi connectivity index (χ1v) is 6.38. The van der Waals surface area contributed by atoms with Crippen molar-refractivity contribution >= 4 is 26.7 Å². The van der Waals surface area contributed by atoms with E-state index in [-0.39, 0.29) is 5.75 Å². The molecule has 0 aliphatic heterocycles. The maximum Gasteiger partial charge on any atom is 0.210 e. The molecule has 7 heteroatoms. The minimum absolute atomic E-state index is 0.108. The molecule has 0 saturated heterocycles. The summed E-state index contributed by atoms with van der Waals surface area (Å²) in [4.78, 5) is 4.13. The van der Waals surface area contributed by atoms with E-state index in [9.17, 15) is 8.42 Å². The SMILES string of the molecule is Nc1ccc2c(c1)ncn2CCS(N)(=O)=O. The average molecular weight is 240 g/mol. The zero-order chi connectivity index (χ0) is 11.8. The maximum absolute atomic E-state index is 10.8. The second kappa shape index (κ2) is 3.76. The van der Waals surface area contributed by atoms with Gasteiger partial charge in [-0.1, -0.05) is 0 Å². The van der Waals surface area contributed by atoms with Crippen LogP contribution in [0.25, 0.3) is 11.0 Å². The molecule has 0 fully saturated rings. The highest BCUT2D eigenvalue weighted by Gasteiger charge is 2.06. The summed E-state index contributed by atoms with van der Waals surface area (Å²) >= 11 is 0. The Morgan fingerprint density at radius 1 is 1.38 bits per heavy atom.